The standard InChI is InChI=1S/C18H16BrFN2O4/c1-10(11-2-4-16-14(6-11)22-18(24)9-26-16)21-17(23)8-25-15-5-3-12(19)7-13(15)20/h2-7,10H,8-9H2,1H3,(H,21,23)(H,22,24). The Morgan fingerprint density at radius 1 is 1.38 bits per heavy atom. The molecule has 3 rings (SSSR count). The highest BCUT2D eigenvalue weighted by atomic mass is 79.9. The Hall–Kier alpha value is -2.61. The molecule has 6 nitrogen and oxygen atoms in total. The lowest BCUT2D eigenvalue weighted by Crippen LogP contribution is -2.31. The van der Waals surface area contributed by atoms with E-state index in [9.17, 15) is 14.0 Å². The van der Waals surface area contributed by atoms with E-state index in [1.807, 2.05) is 0 Å². The van der Waals surface area contributed by atoms with Crippen LogP contribution in [0.3, 0.4) is 0 Å². The number of hydrogen-bond donors (Lipinski definition) is 2. The third-order valence-corrected chi connectivity index (χ3v) is 4.26. The summed E-state index contributed by atoms with van der Waals surface area (Å²) in [5.74, 6) is -0.578. The third kappa shape index (κ3) is 4.32. The van der Waals surface area contributed by atoms with Crippen LogP contribution in [-0.4, -0.2) is 25.0 Å². The minimum Gasteiger partial charge on any atom is -0.482 e. The molecule has 2 aromatic carbocycles. The summed E-state index contributed by atoms with van der Waals surface area (Å²) in [5, 5.41) is 5.49. The number of fused-ring (bicyclic) bond motifs is 1. The van der Waals surface area contributed by atoms with Gasteiger partial charge >= 0.3 is 0 Å². The van der Waals surface area contributed by atoms with Crippen LogP contribution in [0.25, 0.3) is 0 Å². The minimum atomic E-state index is -0.550. The minimum absolute atomic E-state index is 0.00430. The predicted octanol–water partition coefficient (Wildman–Crippen LogP) is 3.18. The highest BCUT2D eigenvalue weighted by Crippen LogP contribution is 2.30. The molecule has 1 aliphatic rings. The van der Waals surface area contributed by atoms with Gasteiger partial charge in [0.1, 0.15) is 5.75 Å². The molecular weight excluding hydrogens is 407 g/mol. The van der Waals surface area contributed by atoms with Crippen molar-refractivity contribution < 1.29 is 23.5 Å². The van der Waals surface area contributed by atoms with Crippen molar-refractivity contribution in [1.82, 2.24) is 5.32 Å². The molecule has 8 heteroatoms. The molecule has 1 unspecified atom stereocenters. The van der Waals surface area contributed by atoms with Gasteiger partial charge in [-0.25, -0.2) is 4.39 Å². The van der Waals surface area contributed by atoms with Crippen molar-refractivity contribution in [3.8, 4) is 11.5 Å². The Morgan fingerprint density at radius 3 is 2.96 bits per heavy atom. The number of benzene rings is 2. The topological polar surface area (TPSA) is 76.7 Å². The van der Waals surface area contributed by atoms with E-state index >= 15 is 0 Å². The number of amides is 2. The second kappa shape index (κ2) is 7.74. The van der Waals surface area contributed by atoms with Crippen LogP contribution in [0.1, 0.15) is 18.5 Å². The molecule has 0 radical (unpaired) electrons. The van der Waals surface area contributed by atoms with Crippen LogP contribution in [0.2, 0.25) is 0 Å². The summed E-state index contributed by atoms with van der Waals surface area (Å²) in [6, 6.07) is 9.29. The smallest absolute Gasteiger partial charge is 0.262 e. The van der Waals surface area contributed by atoms with Gasteiger partial charge in [-0.15, -0.1) is 0 Å². The van der Waals surface area contributed by atoms with Gasteiger partial charge in [-0.2, -0.15) is 0 Å². The fraction of sp³-hybridized carbons (Fsp3) is 0.222. The summed E-state index contributed by atoms with van der Waals surface area (Å²) in [4.78, 5) is 23.5. The lowest BCUT2D eigenvalue weighted by molar-refractivity contribution is -0.123. The molecule has 1 aliphatic heterocycles. The highest BCUT2D eigenvalue weighted by molar-refractivity contribution is 9.10. The molecule has 0 aliphatic carbocycles. The zero-order valence-electron chi connectivity index (χ0n) is 13.8. The van der Waals surface area contributed by atoms with Crippen molar-refractivity contribution in [3.05, 3.63) is 52.3 Å². The predicted molar refractivity (Wildman–Crippen MR) is 96.7 cm³/mol. The van der Waals surface area contributed by atoms with Crippen LogP contribution in [0, 0.1) is 5.82 Å². The van der Waals surface area contributed by atoms with Crippen LogP contribution in [-0.2, 0) is 9.59 Å². The molecule has 2 amide bonds. The molecule has 136 valence electrons. The first kappa shape index (κ1) is 18.2. The van der Waals surface area contributed by atoms with E-state index in [0.29, 0.717) is 15.9 Å². The first-order valence-corrected chi connectivity index (χ1v) is 8.65. The van der Waals surface area contributed by atoms with Crippen molar-refractivity contribution >= 4 is 33.4 Å². The van der Waals surface area contributed by atoms with Gasteiger partial charge in [-0.3, -0.25) is 9.59 Å². The van der Waals surface area contributed by atoms with E-state index in [4.69, 9.17) is 9.47 Å². The maximum atomic E-state index is 13.7. The monoisotopic (exact) mass is 422 g/mol. The normalized spacial score (nSPS) is 13.9. The fourth-order valence-corrected chi connectivity index (χ4v) is 2.81. The molecule has 0 spiro atoms. The Balaban J connectivity index is 1.59. The number of rotatable bonds is 5. The maximum absolute atomic E-state index is 13.7. The number of carbonyl (C=O) groups excluding carboxylic acids is 2. The molecule has 2 N–H and O–H groups in total. The van der Waals surface area contributed by atoms with Crippen LogP contribution in [0.5, 0.6) is 11.5 Å². The quantitative estimate of drug-likeness (QED) is 0.775. The first-order valence-electron chi connectivity index (χ1n) is 7.86. The van der Waals surface area contributed by atoms with Gasteiger partial charge in [0.05, 0.1) is 11.7 Å². The summed E-state index contributed by atoms with van der Waals surface area (Å²) < 4.78 is 24.8. The molecule has 2 aromatic rings. The summed E-state index contributed by atoms with van der Waals surface area (Å²) in [6.45, 7) is 1.47. The second-order valence-corrected chi connectivity index (χ2v) is 6.66. The van der Waals surface area contributed by atoms with E-state index in [-0.39, 0.29) is 30.9 Å². The van der Waals surface area contributed by atoms with Gasteiger partial charge in [0.25, 0.3) is 11.8 Å². The summed E-state index contributed by atoms with van der Waals surface area (Å²) in [7, 11) is 0. The Morgan fingerprint density at radius 2 is 2.19 bits per heavy atom. The summed E-state index contributed by atoms with van der Waals surface area (Å²) in [6.07, 6.45) is 0. The third-order valence-electron chi connectivity index (χ3n) is 3.77. The molecule has 0 bridgehead atoms. The van der Waals surface area contributed by atoms with Crippen molar-refractivity contribution in [2.45, 2.75) is 13.0 Å². The van der Waals surface area contributed by atoms with Gasteiger partial charge in [0.15, 0.2) is 24.8 Å². The van der Waals surface area contributed by atoms with Crippen LogP contribution >= 0.6 is 15.9 Å². The molecular formula is C18H16BrFN2O4. The average molecular weight is 423 g/mol. The van der Waals surface area contributed by atoms with Gasteiger partial charge in [0.2, 0.25) is 0 Å². The number of halogens is 2. The maximum Gasteiger partial charge on any atom is 0.262 e. The Kier molecular flexibility index (Phi) is 5.41. The lowest BCUT2D eigenvalue weighted by Gasteiger charge is -2.21. The molecule has 0 aromatic heterocycles. The van der Waals surface area contributed by atoms with Gasteiger partial charge in [0, 0.05) is 4.47 Å². The van der Waals surface area contributed by atoms with E-state index in [1.54, 1.807) is 31.2 Å². The zero-order valence-corrected chi connectivity index (χ0v) is 15.4. The lowest BCUT2D eigenvalue weighted by atomic mass is 10.1. The molecule has 1 heterocycles. The SMILES string of the molecule is CC(NC(=O)COc1ccc(Br)cc1F)c1ccc2c(c1)NC(=O)CO2. The van der Waals surface area contributed by atoms with Crippen LogP contribution < -0.4 is 20.1 Å². The summed E-state index contributed by atoms with van der Waals surface area (Å²) in [5.41, 5.74) is 1.35. The number of nitrogens with one attached hydrogen (secondary N) is 2. The number of carbonyl (C=O) groups is 2. The number of anilines is 1. The van der Waals surface area contributed by atoms with E-state index < -0.39 is 11.7 Å². The van der Waals surface area contributed by atoms with Gasteiger partial charge < -0.3 is 20.1 Å². The van der Waals surface area contributed by atoms with E-state index in [2.05, 4.69) is 26.6 Å². The van der Waals surface area contributed by atoms with Crippen LogP contribution in [0.4, 0.5) is 10.1 Å². The zero-order chi connectivity index (χ0) is 18.7. The number of ether oxygens (including phenoxy) is 2. The average Bonchev–Trinajstić information content (AvgIpc) is 2.60. The van der Waals surface area contributed by atoms with Crippen molar-refractivity contribution in [1.29, 1.82) is 0 Å². The molecule has 26 heavy (non-hydrogen) atoms. The van der Waals surface area contributed by atoms with Crippen LogP contribution in [0.15, 0.2) is 40.9 Å². The Bertz CT molecular complexity index is 859. The largest absolute Gasteiger partial charge is 0.482 e. The molecule has 0 saturated heterocycles. The van der Waals surface area contributed by atoms with Crippen molar-refractivity contribution in [2.24, 2.45) is 0 Å². The molecule has 0 saturated carbocycles. The van der Waals surface area contributed by atoms with Gasteiger partial charge in [-0.05, 0) is 42.8 Å². The van der Waals surface area contributed by atoms with E-state index in [1.165, 1.54) is 12.1 Å². The fourth-order valence-electron chi connectivity index (χ4n) is 2.47. The highest BCUT2D eigenvalue weighted by Gasteiger charge is 2.18. The van der Waals surface area contributed by atoms with E-state index in [0.717, 1.165) is 5.56 Å². The van der Waals surface area contributed by atoms with Gasteiger partial charge in [-0.1, -0.05) is 22.0 Å². The number of hydrogen-bond acceptors (Lipinski definition) is 4. The van der Waals surface area contributed by atoms with Crippen molar-refractivity contribution in [3.63, 3.8) is 0 Å². The summed E-state index contributed by atoms with van der Waals surface area (Å²) >= 11 is 3.15. The second-order valence-electron chi connectivity index (χ2n) is 5.75. The molecule has 0 fully saturated rings. The Labute approximate surface area is 157 Å². The first-order chi connectivity index (χ1) is 12.4. The molecule has 1 atom stereocenters. The van der Waals surface area contributed by atoms with Crippen molar-refractivity contribution in [2.75, 3.05) is 18.5 Å².